The van der Waals surface area contributed by atoms with Crippen LogP contribution in [-0.4, -0.2) is 45.6 Å². The lowest BCUT2D eigenvalue weighted by Crippen LogP contribution is -2.29. The third-order valence-corrected chi connectivity index (χ3v) is 6.62. The van der Waals surface area contributed by atoms with Gasteiger partial charge in [0, 0.05) is 30.9 Å². The molecule has 0 N–H and O–H groups in total. The minimum Gasteiger partial charge on any atom is -0.343 e. The van der Waals surface area contributed by atoms with Crippen LogP contribution in [0.5, 0.6) is 0 Å². The predicted octanol–water partition coefficient (Wildman–Crippen LogP) is 4.13. The molecule has 4 nitrogen and oxygen atoms in total. The maximum atomic E-state index is 12.5. The number of amides is 2. The largest absolute Gasteiger partial charge is 0.343 e. The highest BCUT2D eigenvalue weighted by atomic mass is 32.2. The van der Waals surface area contributed by atoms with E-state index in [1.165, 1.54) is 11.8 Å². The summed E-state index contributed by atoms with van der Waals surface area (Å²) in [4.78, 5) is 29.9. The fourth-order valence-electron chi connectivity index (χ4n) is 3.04. The Morgan fingerprint density at radius 1 is 1.24 bits per heavy atom. The van der Waals surface area contributed by atoms with Gasteiger partial charge in [-0.25, -0.2) is 0 Å². The fraction of sp³-hybridized carbons (Fsp3) is 0.500. The van der Waals surface area contributed by atoms with Crippen LogP contribution < -0.4 is 0 Å². The van der Waals surface area contributed by atoms with Crippen LogP contribution in [0.4, 0.5) is 0 Å². The Labute approximate surface area is 162 Å². The van der Waals surface area contributed by atoms with Crippen molar-refractivity contribution in [2.75, 3.05) is 19.6 Å². The number of hydrogen-bond acceptors (Lipinski definition) is 5. The van der Waals surface area contributed by atoms with Crippen molar-refractivity contribution in [1.29, 1.82) is 0 Å². The topological polar surface area (TPSA) is 40.6 Å². The smallest absolute Gasteiger partial charge is 0.266 e. The maximum absolute atomic E-state index is 12.5. The molecule has 0 atom stereocenters. The number of rotatable bonds is 7. The summed E-state index contributed by atoms with van der Waals surface area (Å²) >= 11 is 8.34. The van der Waals surface area contributed by atoms with Crippen molar-refractivity contribution < 1.29 is 9.59 Å². The molecule has 25 heavy (non-hydrogen) atoms. The molecule has 0 spiro atoms. The maximum Gasteiger partial charge on any atom is 0.266 e. The third kappa shape index (κ3) is 4.92. The summed E-state index contributed by atoms with van der Waals surface area (Å²) in [7, 11) is 0. The minimum atomic E-state index is 0.0107. The van der Waals surface area contributed by atoms with E-state index in [9.17, 15) is 9.59 Å². The van der Waals surface area contributed by atoms with Gasteiger partial charge in [0.15, 0.2) is 0 Å². The van der Waals surface area contributed by atoms with Crippen LogP contribution in [0.25, 0.3) is 6.08 Å². The van der Waals surface area contributed by atoms with Gasteiger partial charge < -0.3 is 4.90 Å². The normalized spacial score (nSPS) is 19.4. The molecule has 3 rings (SSSR count). The van der Waals surface area contributed by atoms with Crippen LogP contribution in [0.2, 0.25) is 0 Å². The van der Waals surface area contributed by atoms with Gasteiger partial charge in [-0.15, -0.1) is 11.3 Å². The average molecular weight is 395 g/mol. The first-order valence-corrected chi connectivity index (χ1v) is 10.8. The summed E-state index contributed by atoms with van der Waals surface area (Å²) in [5.74, 6) is 0.290. The number of hydrogen-bond donors (Lipinski definition) is 0. The molecule has 2 saturated heterocycles. The lowest BCUT2D eigenvalue weighted by atomic mass is 10.1. The number of thiophene rings is 1. The molecule has 0 saturated carbocycles. The summed E-state index contributed by atoms with van der Waals surface area (Å²) in [6.07, 6.45) is 7.52. The second kappa shape index (κ2) is 8.96. The summed E-state index contributed by atoms with van der Waals surface area (Å²) < 4.78 is 0.640. The minimum absolute atomic E-state index is 0.0107. The third-order valence-electron chi connectivity index (χ3n) is 4.42. The fourth-order valence-corrected chi connectivity index (χ4v) is 5.07. The van der Waals surface area contributed by atoms with Crippen LogP contribution in [-0.2, 0) is 9.59 Å². The predicted molar refractivity (Wildman–Crippen MR) is 108 cm³/mol. The molecule has 2 fully saturated rings. The molecular formula is C18H22N2O2S3. The van der Waals surface area contributed by atoms with Gasteiger partial charge in [-0.2, -0.15) is 0 Å². The number of thiocarbonyl (C=S) groups is 1. The van der Waals surface area contributed by atoms with Gasteiger partial charge in [-0.3, -0.25) is 14.5 Å². The molecule has 0 aromatic carbocycles. The Bertz CT molecular complexity index is 664. The molecule has 1 aromatic rings. The van der Waals surface area contributed by atoms with Gasteiger partial charge in [0.2, 0.25) is 5.91 Å². The lowest BCUT2D eigenvalue weighted by molar-refractivity contribution is -0.130. The zero-order chi connectivity index (χ0) is 17.6. The van der Waals surface area contributed by atoms with E-state index in [0.29, 0.717) is 22.2 Å². The molecule has 0 unspecified atom stereocenters. The van der Waals surface area contributed by atoms with E-state index in [2.05, 4.69) is 0 Å². The summed E-state index contributed by atoms with van der Waals surface area (Å²) in [5.41, 5.74) is 0. The van der Waals surface area contributed by atoms with E-state index in [1.54, 1.807) is 16.2 Å². The summed E-state index contributed by atoms with van der Waals surface area (Å²) in [5, 5.41) is 2.00. The molecule has 1 aromatic heterocycles. The first-order valence-electron chi connectivity index (χ1n) is 8.72. The highest BCUT2D eigenvalue weighted by Crippen LogP contribution is 2.33. The molecule has 134 valence electrons. The van der Waals surface area contributed by atoms with Gasteiger partial charge in [-0.1, -0.05) is 36.5 Å². The van der Waals surface area contributed by atoms with Gasteiger partial charge in [0.05, 0.1) is 4.91 Å². The number of nitrogens with zero attached hydrogens (tertiary/aromatic N) is 2. The second-order valence-electron chi connectivity index (χ2n) is 6.25. The molecular weight excluding hydrogens is 372 g/mol. The monoisotopic (exact) mass is 394 g/mol. The second-order valence-corrected chi connectivity index (χ2v) is 8.90. The van der Waals surface area contributed by atoms with Crippen molar-refractivity contribution in [1.82, 2.24) is 9.80 Å². The molecule has 0 radical (unpaired) electrons. The summed E-state index contributed by atoms with van der Waals surface area (Å²) in [6.45, 7) is 2.49. The van der Waals surface area contributed by atoms with Crippen molar-refractivity contribution in [3.63, 3.8) is 0 Å². The van der Waals surface area contributed by atoms with Crippen LogP contribution in [0.1, 0.15) is 43.4 Å². The van der Waals surface area contributed by atoms with Gasteiger partial charge in [-0.05, 0) is 43.2 Å². The zero-order valence-electron chi connectivity index (χ0n) is 14.1. The quantitative estimate of drug-likeness (QED) is 0.396. The van der Waals surface area contributed by atoms with Crippen LogP contribution in [0.15, 0.2) is 22.4 Å². The lowest BCUT2D eigenvalue weighted by Gasteiger charge is -2.16. The van der Waals surface area contributed by atoms with Crippen molar-refractivity contribution in [3.8, 4) is 0 Å². The number of unbranched alkanes of at least 4 members (excludes halogenated alkanes) is 2. The Balaban J connectivity index is 1.40. The standard InChI is InChI=1S/C18H22N2O2S3/c21-16(19-9-4-5-10-19)8-2-1-3-11-20-17(22)15(25-18(20)23)13-14-7-6-12-24-14/h6-7,12-13H,1-5,8-11H2/b15-13+. The van der Waals surface area contributed by atoms with Crippen molar-refractivity contribution in [2.24, 2.45) is 0 Å². The van der Waals surface area contributed by atoms with E-state index in [-0.39, 0.29) is 11.8 Å². The van der Waals surface area contributed by atoms with Gasteiger partial charge >= 0.3 is 0 Å². The highest BCUT2D eigenvalue weighted by Gasteiger charge is 2.31. The van der Waals surface area contributed by atoms with Crippen molar-refractivity contribution >= 4 is 57.5 Å². The van der Waals surface area contributed by atoms with Crippen molar-refractivity contribution in [2.45, 2.75) is 38.5 Å². The van der Waals surface area contributed by atoms with Crippen molar-refractivity contribution in [3.05, 3.63) is 27.3 Å². The van der Waals surface area contributed by atoms with E-state index in [0.717, 1.165) is 50.1 Å². The van der Waals surface area contributed by atoms with Crippen LogP contribution in [0.3, 0.4) is 0 Å². The zero-order valence-corrected chi connectivity index (χ0v) is 16.6. The highest BCUT2D eigenvalue weighted by molar-refractivity contribution is 8.26. The average Bonchev–Trinajstić information content (AvgIpc) is 3.33. The molecule has 0 bridgehead atoms. The molecule has 2 aliphatic heterocycles. The first-order chi connectivity index (χ1) is 12.1. The Morgan fingerprint density at radius 2 is 2.04 bits per heavy atom. The molecule has 2 aliphatic rings. The number of carbonyl (C=O) groups excluding carboxylic acids is 2. The van der Waals surface area contributed by atoms with E-state index in [4.69, 9.17) is 12.2 Å². The van der Waals surface area contributed by atoms with E-state index < -0.39 is 0 Å². The van der Waals surface area contributed by atoms with Gasteiger partial charge in [0.25, 0.3) is 5.91 Å². The Morgan fingerprint density at radius 3 is 2.76 bits per heavy atom. The first kappa shape index (κ1) is 18.6. The Kier molecular flexibility index (Phi) is 6.67. The molecule has 7 heteroatoms. The van der Waals surface area contributed by atoms with Crippen LogP contribution in [0, 0.1) is 0 Å². The SMILES string of the molecule is O=C(CCCCCN1C(=O)/C(=C\c2cccs2)SC1=S)N1CCCC1. The molecule has 2 amide bonds. The van der Waals surface area contributed by atoms with Crippen LogP contribution >= 0.6 is 35.3 Å². The molecule has 3 heterocycles. The van der Waals surface area contributed by atoms with Gasteiger partial charge in [0.1, 0.15) is 4.32 Å². The van der Waals surface area contributed by atoms with E-state index in [1.807, 2.05) is 28.5 Å². The number of likely N-dealkylation sites (tertiary alicyclic amines) is 1. The Hall–Kier alpha value is -1.18. The number of carbonyl (C=O) groups is 2. The van der Waals surface area contributed by atoms with E-state index >= 15 is 0 Å². The number of thioether (sulfide) groups is 1. The molecule has 0 aliphatic carbocycles. The summed E-state index contributed by atoms with van der Waals surface area (Å²) in [6, 6.07) is 3.97.